The molecule has 0 bridgehead atoms. The Morgan fingerprint density at radius 1 is 1.00 bits per heavy atom. The molecule has 0 aliphatic heterocycles. The van der Waals surface area contributed by atoms with Crippen LogP contribution >= 0.6 is 23.2 Å². The van der Waals surface area contributed by atoms with Crippen molar-refractivity contribution in [1.82, 2.24) is 5.32 Å². The zero-order chi connectivity index (χ0) is 15.1. The molecule has 0 saturated carbocycles. The van der Waals surface area contributed by atoms with E-state index in [1.807, 2.05) is 30.3 Å². The highest BCUT2D eigenvalue weighted by Gasteiger charge is 2.02. The maximum Gasteiger partial charge on any atom is 0.244 e. The summed E-state index contributed by atoms with van der Waals surface area (Å²) in [6.07, 6.45) is 3.87. The predicted molar refractivity (Wildman–Crippen MR) is 88.7 cm³/mol. The molecular formula is C17H15Cl2NO. The van der Waals surface area contributed by atoms with E-state index in [4.69, 9.17) is 23.2 Å². The van der Waals surface area contributed by atoms with Crippen LogP contribution < -0.4 is 5.32 Å². The standard InChI is InChI=1S/C17H15Cl2NO/c18-15-7-4-8-16(19)14(15)9-10-17(21)20-12-11-13-5-2-1-3-6-13/h1-10H,11-12H2,(H,20,21). The van der Waals surface area contributed by atoms with Gasteiger partial charge in [0.25, 0.3) is 0 Å². The van der Waals surface area contributed by atoms with Gasteiger partial charge < -0.3 is 5.32 Å². The highest BCUT2D eigenvalue weighted by atomic mass is 35.5. The molecule has 0 heterocycles. The summed E-state index contributed by atoms with van der Waals surface area (Å²) in [5.41, 5.74) is 1.84. The Balaban J connectivity index is 1.86. The first-order valence-electron chi connectivity index (χ1n) is 6.60. The Bertz CT molecular complexity index is 618. The van der Waals surface area contributed by atoms with Gasteiger partial charge in [-0.2, -0.15) is 0 Å². The third-order valence-corrected chi connectivity index (χ3v) is 3.62. The molecule has 0 aromatic heterocycles. The van der Waals surface area contributed by atoms with Gasteiger partial charge in [-0.15, -0.1) is 0 Å². The molecule has 0 aliphatic rings. The molecular weight excluding hydrogens is 305 g/mol. The Kier molecular flexibility index (Phi) is 5.85. The Hall–Kier alpha value is -1.77. The van der Waals surface area contributed by atoms with E-state index in [9.17, 15) is 4.79 Å². The highest BCUT2D eigenvalue weighted by molar-refractivity contribution is 6.37. The van der Waals surface area contributed by atoms with Crippen LogP contribution in [0.25, 0.3) is 6.08 Å². The molecule has 0 atom stereocenters. The third kappa shape index (κ3) is 4.92. The van der Waals surface area contributed by atoms with Gasteiger partial charge in [0.05, 0.1) is 0 Å². The average molecular weight is 320 g/mol. The van der Waals surface area contributed by atoms with Gasteiger partial charge in [-0.1, -0.05) is 59.6 Å². The van der Waals surface area contributed by atoms with Crippen molar-refractivity contribution < 1.29 is 4.79 Å². The maximum atomic E-state index is 11.7. The predicted octanol–water partition coefficient (Wildman–Crippen LogP) is 4.37. The normalized spacial score (nSPS) is 10.8. The second kappa shape index (κ2) is 7.87. The molecule has 2 rings (SSSR count). The largest absolute Gasteiger partial charge is 0.352 e. The van der Waals surface area contributed by atoms with Crippen LogP contribution in [0.3, 0.4) is 0 Å². The lowest BCUT2D eigenvalue weighted by molar-refractivity contribution is -0.116. The zero-order valence-corrected chi connectivity index (χ0v) is 12.9. The number of hydrogen-bond acceptors (Lipinski definition) is 1. The molecule has 0 aliphatic carbocycles. The quantitative estimate of drug-likeness (QED) is 0.815. The Morgan fingerprint density at radius 2 is 1.67 bits per heavy atom. The van der Waals surface area contributed by atoms with E-state index in [0.717, 1.165) is 6.42 Å². The van der Waals surface area contributed by atoms with Crippen LogP contribution in [0.2, 0.25) is 10.0 Å². The molecule has 1 amide bonds. The van der Waals surface area contributed by atoms with Crippen LogP contribution in [0.4, 0.5) is 0 Å². The van der Waals surface area contributed by atoms with Crippen molar-refractivity contribution in [3.63, 3.8) is 0 Å². The van der Waals surface area contributed by atoms with Gasteiger partial charge in [0, 0.05) is 28.2 Å². The number of carbonyl (C=O) groups excluding carboxylic acids is 1. The summed E-state index contributed by atoms with van der Waals surface area (Å²) < 4.78 is 0. The number of carbonyl (C=O) groups is 1. The van der Waals surface area contributed by atoms with Gasteiger partial charge in [0.2, 0.25) is 5.91 Å². The van der Waals surface area contributed by atoms with Crippen molar-refractivity contribution in [2.45, 2.75) is 6.42 Å². The van der Waals surface area contributed by atoms with E-state index in [0.29, 0.717) is 22.2 Å². The lowest BCUT2D eigenvalue weighted by atomic mass is 10.1. The first-order chi connectivity index (χ1) is 10.2. The fraction of sp³-hybridized carbons (Fsp3) is 0.118. The average Bonchev–Trinajstić information content (AvgIpc) is 2.48. The number of hydrogen-bond donors (Lipinski definition) is 1. The summed E-state index contributed by atoms with van der Waals surface area (Å²) in [5.74, 6) is -0.165. The van der Waals surface area contributed by atoms with E-state index < -0.39 is 0 Å². The van der Waals surface area contributed by atoms with Crippen LogP contribution in [0.15, 0.2) is 54.6 Å². The molecule has 21 heavy (non-hydrogen) atoms. The minimum atomic E-state index is -0.165. The molecule has 0 saturated heterocycles. The molecule has 2 nitrogen and oxygen atoms in total. The van der Waals surface area contributed by atoms with E-state index in [1.165, 1.54) is 11.6 Å². The van der Waals surface area contributed by atoms with Crippen molar-refractivity contribution >= 4 is 35.2 Å². The van der Waals surface area contributed by atoms with Crippen molar-refractivity contribution in [2.24, 2.45) is 0 Å². The first-order valence-corrected chi connectivity index (χ1v) is 7.36. The molecule has 4 heteroatoms. The third-order valence-electron chi connectivity index (χ3n) is 2.96. The zero-order valence-electron chi connectivity index (χ0n) is 11.4. The van der Waals surface area contributed by atoms with Crippen molar-refractivity contribution in [1.29, 1.82) is 0 Å². The first kappa shape index (κ1) is 15.6. The lowest BCUT2D eigenvalue weighted by Crippen LogP contribution is -2.23. The topological polar surface area (TPSA) is 29.1 Å². The molecule has 0 spiro atoms. The van der Waals surface area contributed by atoms with E-state index in [-0.39, 0.29) is 5.91 Å². The molecule has 1 N–H and O–H groups in total. The molecule has 0 fully saturated rings. The van der Waals surface area contributed by atoms with Gasteiger partial charge in [0.1, 0.15) is 0 Å². The van der Waals surface area contributed by atoms with E-state index >= 15 is 0 Å². The molecule has 108 valence electrons. The summed E-state index contributed by atoms with van der Waals surface area (Å²) in [5, 5.41) is 3.88. The SMILES string of the molecule is O=C(C=Cc1c(Cl)cccc1Cl)NCCc1ccccc1. The van der Waals surface area contributed by atoms with Crippen LogP contribution in [-0.4, -0.2) is 12.5 Å². The second-order valence-corrected chi connectivity index (χ2v) is 5.31. The number of benzene rings is 2. The van der Waals surface area contributed by atoms with E-state index in [1.54, 1.807) is 24.3 Å². The fourth-order valence-electron chi connectivity index (χ4n) is 1.86. The molecule has 2 aromatic carbocycles. The number of nitrogens with one attached hydrogen (secondary N) is 1. The van der Waals surface area contributed by atoms with Crippen LogP contribution in [0, 0.1) is 0 Å². The molecule has 0 unspecified atom stereocenters. The van der Waals surface area contributed by atoms with Gasteiger partial charge in [0.15, 0.2) is 0 Å². The summed E-state index contributed by atoms with van der Waals surface area (Å²) in [6, 6.07) is 15.2. The fourth-order valence-corrected chi connectivity index (χ4v) is 2.39. The van der Waals surface area contributed by atoms with E-state index in [2.05, 4.69) is 5.32 Å². The summed E-state index contributed by atoms with van der Waals surface area (Å²) >= 11 is 12.1. The van der Waals surface area contributed by atoms with Crippen LogP contribution in [0.5, 0.6) is 0 Å². The second-order valence-electron chi connectivity index (χ2n) is 4.50. The monoisotopic (exact) mass is 319 g/mol. The molecule has 0 radical (unpaired) electrons. The summed E-state index contributed by atoms with van der Waals surface area (Å²) in [6.45, 7) is 0.587. The van der Waals surface area contributed by atoms with Gasteiger partial charge in [-0.05, 0) is 30.2 Å². The molecule has 2 aromatic rings. The maximum absolute atomic E-state index is 11.7. The summed E-state index contributed by atoms with van der Waals surface area (Å²) in [4.78, 5) is 11.7. The number of amides is 1. The number of rotatable bonds is 5. The summed E-state index contributed by atoms with van der Waals surface area (Å²) in [7, 11) is 0. The Labute approximate surface area is 134 Å². The van der Waals surface area contributed by atoms with Gasteiger partial charge >= 0.3 is 0 Å². The Morgan fingerprint density at radius 3 is 2.33 bits per heavy atom. The van der Waals surface area contributed by atoms with Gasteiger partial charge in [-0.3, -0.25) is 4.79 Å². The van der Waals surface area contributed by atoms with Crippen LogP contribution in [0.1, 0.15) is 11.1 Å². The smallest absolute Gasteiger partial charge is 0.244 e. The lowest BCUT2D eigenvalue weighted by Gasteiger charge is -2.03. The van der Waals surface area contributed by atoms with Crippen LogP contribution in [-0.2, 0) is 11.2 Å². The number of halogens is 2. The van der Waals surface area contributed by atoms with Crippen molar-refractivity contribution in [3.05, 3.63) is 75.8 Å². The minimum absolute atomic E-state index is 0.165. The van der Waals surface area contributed by atoms with Gasteiger partial charge in [-0.25, -0.2) is 0 Å². The van der Waals surface area contributed by atoms with Crippen molar-refractivity contribution in [3.8, 4) is 0 Å². The minimum Gasteiger partial charge on any atom is -0.352 e. The highest BCUT2D eigenvalue weighted by Crippen LogP contribution is 2.25. The van der Waals surface area contributed by atoms with Crippen molar-refractivity contribution in [2.75, 3.05) is 6.54 Å².